The second-order valence-corrected chi connectivity index (χ2v) is 2.77. The molecule has 0 aliphatic rings. The van der Waals surface area contributed by atoms with E-state index >= 15 is 0 Å². The molecule has 0 aromatic carbocycles. The first kappa shape index (κ1) is 7.30. The molecule has 0 atom stereocenters. The molecule has 1 N–H and O–H groups in total. The summed E-state index contributed by atoms with van der Waals surface area (Å²) in [7, 11) is 0. The number of hydrogen-bond acceptors (Lipinski definition) is 4. The molecule has 2 aromatic heterocycles. The maximum Gasteiger partial charge on any atom is 0.160 e. The van der Waals surface area contributed by atoms with Crippen molar-refractivity contribution < 1.29 is 0 Å². The molecule has 4 nitrogen and oxygen atoms in total. The van der Waals surface area contributed by atoms with Crippen LogP contribution >= 0.6 is 12.2 Å². The number of rotatable bonds is 0. The molecule has 0 radical (unpaired) electrons. The van der Waals surface area contributed by atoms with Gasteiger partial charge in [-0.05, 0) is 6.92 Å². The third-order valence-corrected chi connectivity index (χ3v) is 1.75. The van der Waals surface area contributed by atoms with Crippen molar-refractivity contribution in [2.75, 3.05) is 0 Å². The standard InChI is InChI=1S/C7H6N4S/c1-4-10-6-5(7(12)11-4)8-2-3-9-6/h2-3H,1H3,(H,9,10,11,12). The van der Waals surface area contributed by atoms with Gasteiger partial charge in [-0.3, -0.25) is 0 Å². The Morgan fingerprint density at radius 2 is 2.08 bits per heavy atom. The van der Waals surface area contributed by atoms with Gasteiger partial charge in [-0.15, -0.1) is 0 Å². The SMILES string of the molecule is Cc1nc(=S)c2nccnc2[nH]1. The fraction of sp³-hybridized carbons (Fsp3) is 0.143. The van der Waals surface area contributed by atoms with Gasteiger partial charge in [-0.2, -0.15) is 0 Å². The van der Waals surface area contributed by atoms with Gasteiger partial charge in [-0.1, -0.05) is 12.2 Å². The molecule has 0 aliphatic heterocycles. The molecule has 0 fully saturated rings. The fourth-order valence-electron chi connectivity index (χ4n) is 0.991. The molecular formula is C7H6N4S. The highest BCUT2D eigenvalue weighted by Crippen LogP contribution is 2.04. The predicted molar refractivity (Wildman–Crippen MR) is 47.3 cm³/mol. The van der Waals surface area contributed by atoms with E-state index in [2.05, 4.69) is 19.9 Å². The number of nitrogens with one attached hydrogen (secondary N) is 1. The Kier molecular flexibility index (Phi) is 1.58. The topological polar surface area (TPSA) is 54.5 Å². The van der Waals surface area contributed by atoms with Crippen LogP contribution in [-0.4, -0.2) is 19.9 Å². The van der Waals surface area contributed by atoms with Gasteiger partial charge in [0.05, 0.1) is 0 Å². The van der Waals surface area contributed by atoms with E-state index in [-0.39, 0.29) is 0 Å². The van der Waals surface area contributed by atoms with Gasteiger partial charge >= 0.3 is 0 Å². The first-order chi connectivity index (χ1) is 5.77. The molecule has 0 amide bonds. The summed E-state index contributed by atoms with van der Waals surface area (Å²) in [6, 6.07) is 0. The number of aromatic nitrogens is 4. The van der Waals surface area contributed by atoms with E-state index in [1.54, 1.807) is 12.4 Å². The normalized spacial score (nSPS) is 10.4. The third kappa shape index (κ3) is 1.08. The van der Waals surface area contributed by atoms with Crippen LogP contribution in [0.1, 0.15) is 5.82 Å². The maximum atomic E-state index is 5.01. The fourth-order valence-corrected chi connectivity index (χ4v) is 1.28. The third-order valence-electron chi connectivity index (χ3n) is 1.47. The molecular weight excluding hydrogens is 172 g/mol. The summed E-state index contributed by atoms with van der Waals surface area (Å²) in [5, 5.41) is 0. The van der Waals surface area contributed by atoms with Crippen molar-refractivity contribution in [3.63, 3.8) is 0 Å². The Morgan fingerprint density at radius 1 is 1.33 bits per heavy atom. The lowest BCUT2D eigenvalue weighted by atomic mass is 10.5. The largest absolute Gasteiger partial charge is 0.327 e. The van der Waals surface area contributed by atoms with Crippen molar-refractivity contribution in [3.05, 3.63) is 22.9 Å². The minimum Gasteiger partial charge on any atom is -0.327 e. The van der Waals surface area contributed by atoms with Crippen molar-refractivity contribution in [2.45, 2.75) is 6.92 Å². The minimum atomic E-state index is 0.495. The lowest BCUT2D eigenvalue weighted by Gasteiger charge is -1.96. The monoisotopic (exact) mass is 178 g/mol. The van der Waals surface area contributed by atoms with Crippen LogP contribution in [0.2, 0.25) is 0 Å². The summed E-state index contributed by atoms with van der Waals surface area (Å²) in [5.41, 5.74) is 1.34. The summed E-state index contributed by atoms with van der Waals surface area (Å²) >= 11 is 5.01. The van der Waals surface area contributed by atoms with Gasteiger partial charge in [0, 0.05) is 12.4 Å². The van der Waals surface area contributed by atoms with Gasteiger partial charge in [-0.25, -0.2) is 15.0 Å². The smallest absolute Gasteiger partial charge is 0.160 e. The molecule has 2 rings (SSSR count). The molecule has 5 heteroatoms. The highest BCUT2D eigenvalue weighted by Gasteiger charge is 1.98. The van der Waals surface area contributed by atoms with E-state index in [1.807, 2.05) is 6.92 Å². The van der Waals surface area contributed by atoms with E-state index in [1.165, 1.54) is 0 Å². The van der Waals surface area contributed by atoms with Crippen LogP contribution in [0.3, 0.4) is 0 Å². The predicted octanol–water partition coefficient (Wildman–Crippen LogP) is 1.39. The number of hydrogen-bond donors (Lipinski definition) is 1. The van der Waals surface area contributed by atoms with E-state index in [0.717, 1.165) is 5.82 Å². The minimum absolute atomic E-state index is 0.495. The Morgan fingerprint density at radius 3 is 2.92 bits per heavy atom. The van der Waals surface area contributed by atoms with Crippen LogP contribution < -0.4 is 0 Å². The zero-order valence-corrected chi connectivity index (χ0v) is 7.22. The number of aryl methyl sites for hydroxylation is 1. The van der Waals surface area contributed by atoms with E-state index in [9.17, 15) is 0 Å². The quantitative estimate of drug-likeness (QED) is 0.619. The van der Waals surface area contributed by atoms with Crippen LogP contribution in [0.25, 0.3) is 11.2 Å². The molecule has 60 valence electrons. The molecule has 0 aliphatic carbocycles. The average Bonchev–Trinajstić information content (AvgIpc) is 2.04. The van der Waals surface area contributed by atoms with E-state index < -0.39 is 0 Å². The van der Waals surface area contributed by atoms with Gasteiger partial charge in [0.15, 0.2) is 10.3 Å². The van der Waals surface area contributed by atoms with Crippen molar-refractivity contribution in [2.24, 2.45) is 0 Å². The van der Waals surface area contributed by atoms with E-state index in [4.69, 9.17) is 12.2 Å². The van der Waals surface area contributed by atoms with Crippen molar-refractivity contribution >= 4 is 23.4 Å². The van der Waals surface area contributed by atoms with Crippen molar-refractivity contribution in [1.29, 1.82) is 0 Å². The van der Waals surface area contributed by atoms with Crippen LogP contribution in [-0.2, 0) is 0 Å². The lowest BCUT2D eigenvalue weighted by Crippen LogP contribution is -1.93. The second-order valence-electron chi connectivity index (χ2n) is 2.38. The molecule has 2 aromatic rings. The highest BCUT2D eigenvalue weighted by atomic mass is 32.1. The van der Waals surface area contributed by atoms with Gasteiger partial charge in [0.2, 0.25) is 0 Å². The van der Waals surface area contributed by atoms with Crippen molar-refractivity contribution in [3.8, 4) is 0 Å². The Bertz CT molecular complexity index is 476. The highest BCUT2D eigenvalue weighted by molar-refractivity contribution is 7.71. The van der Waals surface area contributed by atoms with Crippen LogP contribution in [0.5, 0.6) is 0 Å². The number of fused-ring (bicyclic) bond motifs is 1. The molecule has 2 heterocycles. The Balaban J connectivity index is 2.99. The molecule has 0 saturated carbocycles. The summed E-state index contributed by atoms with van der Waals surface area (Å²) in [5.74, 6) is 0.757. The Hall–Kier alpha value is -1.36. The van der Waals surface area contributed by atoms with Gasteiger partial charge in [0.1, 0.15) is 11.3 Å². The summed E-state index contributed by atoms with van der Waals surface area (Å²) in [4.78, 5) is 15.2. The van der Waals surface area contributed by atoms with Gasteiger partial charge in [0.25, 0.3) is 0 Å². The first-order valence-corrected chi connectivity index (χ1v) is 3.86. The number of aromatic amines is 1. The van der Waals surface area contributed by atoms with Crippen LogP contribution in [0, 0.1) is 11.6 Å². The first-order valence-electron chi connectivity index (χ1n) is 3.45. The van der Waals surface area contributed by atoms with Crippen molar-refractivity contribution in [1.82, 2.24) is 19.9 Å². The molecule has 0 unspecified atom stereocenters. The number of nitrogens with zero attached hydrogens (tertiary/aromatic N) is 3. The number of H-pyrrole nitrogens is 1. The summed E-state index contributed by atoms with van der Waals surface area (Å²) in [6.07, 6.45) is 3.22. The summed E-state index contributed by atoms with van der Waals surface area (Å²) in [6.45, 7) is 1.84. The second kappa shape index (κ2) is 2.60. The van der Waals surface area contributed by atoms with Crippen LogP contribution in [0.15, 0.2) is 12.4 Å². The Labute approximate surface area is 73.7 Å². The zero-order chi connectivity index (χ0) is 8.55. The molecule has 0 spiro atoms. The molecule has 0 saturated heterocycles. The van der Waals surface area contributed by atoms with Crippen LogP contribution in [0.4, 0.5) is 0 Å². The maximum absolute atomic E-state index is 5.01. The van der Waals surface area contributed by atoms with Gasteiger partial charge < -0.3 is 4.98 Å². The average molecular weight is 178 g/mol. The zero-order valence-electron chi connectivity index (χ0n) is 6.40. The molecule has 12 heavy (non-hydrogen) atoms. The summed E-state index contributed by atoms with van der Waals surface area (Å²) < 4.78 is 0.495. The molecule has 0 bridgehead atoms. The van der Waals surface area contributed by atoms with E-state index in [0.29, 0.717) is 15.8 Å². The lowest BCUT2D eigenvalue weighted by molar-refractivity contribution is 1.05.